The van der Waals surface area contributed by atoms with Crippen LogP contribution in [0.1, 0.15) is 26.7 Å². The Balaban J connectivity index is 3.13. The number of amidine groups is 1. The molecule has 1 atom stereocenters. The molecule has 0 fully saturated rings. The third kappa shape index (κ3) is 7.43. The lowest BCUT2D eigenvalue weighted by atomic mass is 10.2. The molecule has 0 heterocycles. The van der Waals surface area contributed by atoms with Crippen LogP contribution in [0.4, 0.5) is 0 Å². The number of nitrogens with zero attached hydrogens (tertiary/aromatic N) is 1. The van der Waals surface area contributed by atoms with Crippen molar-refractivity contribution in [3.05, 3.63) is 0 Å². The van der Waals surface area contributed by atoms with Gasteiger partial charge < -0.3 is 11.5 Å². The number of rotatable bonds is 4. The molecule has 1 unspecified atom stereocenters. The van der Waals surface area contributed by atoms with Gasteiger partial charge in [0.15, 0.2) is 0 Å². The maximum Gasteiger partial charge on any atom is 0.0905 e. The van der Waals surface area contributed by atoms with E-state index in [2.05, 4.69) is 4.99 Å². The van der Waals surface area contributed by atoms with E-state index in [1.807, 2.05) is 6.92 Å². The van der Waals surface area contributed by atoms with Crippen molar-refractivity contribution in [2.24, 2.45) is 16.5 Å². The molecule has 0 saturated carbocycles. The van der Waals surface area contributed by atoms with Crippen LogP contribution < -0.4 is 11.5 Å². The summed E-state index contributed by atoms with van der Waals surface area (Å²) in [6.45, 7) is 4.61. The summed E-state index contributed by atoms with van der Waals surface area (Å²) in [7, 11) is 0. The molecule has 0 bridgehead atoms. The summed E-state index contributed by atoms with van der Waals surface area (Å²) in [6, 6.07) is 0.285. The molecular formula is C7H17N3. The van der Waals surface area contributed by atoms with Crippen LogP contribution in [0, 0.1) is 0 Å². The maximum atomic E-state index is 5.53. The zero-order chi connectivity index (χ0) is 7.98. The predicted molar refractivity (Wildman–Crippen MR) is 45.0 cm³/mol. The van der Waals surface area contributed by atoms with E-state index in [-0.39, 0.29) is 6.04 Å². The summed E-state index contributed by atoms with van der Waals surface area (Å²) in [5.74, 6) is 0.657. The number of hydrogen-bond acceptors (Lipinski definition) is 2. The fourth-order valence-electron chi connectivity index (χ4n) is 0.669. The largest absolute Gasteiger partial charge is 0.388 e. The molecule has 0 aromatic carbocycles. The first-order valence-corrected chi connectivity index (χ1v) is 3.65. The minimum atomic E-state index is 0.285. The molecule has 4 N–H and O–H groups in total. The van der Waals surface area contributed by atoms with Gasteiger partial charge in [-0.1, -0.05) is 0 Å². The van der Waals surface area contributed by atoms with Crippen LogP contribution in [0.3, 0.4) is 0 Å². The predicted octanol–water partition coefficient (Wildman–Crippen LogP) is 0.491. The van der Waals surface area contributed by atoms with Crippen LogP contribution in [-0.4, -0.2) is 18.4 Å². The Labute approximate surface area is 62.5 Å². The number of aliphatic imine (C=N–C) groups is 1. The van der Waals surface area contributed by atoms with Gasteiger partial charge in [-0.2, -0.15) is 0 Å². The molecule has 60 valence electrons. The van der Waals surface area contributed by atoms with Gasteiger partial charge in [0.05, 0.1) is 5.84 Å². The second kappa shape index (κ2) is 5.23. The molecule has 0 aliphatic heterocycles. The fraction of sp³-hybridized carbons (Fsp3) is 0.857. The second-order valence-electron chi connectivity index (χ2n) is 2.64. The number of hydrogen-bond donors (Lipinski definition) is 2. The lowest BCUT2D eigenvalue weighted by molar-refractivity contribution is 0.631. The highest BCUT2D eigenvalue weighted by atomic mass is 14.8. The van der Waals surface area contributed by atoms with E-state index >= 15 is 0 Å². The second-order valence-corrected chi connectivity index (χ2v) is 2.64. The van der Waals surface area contributed by atoms with Crippen molar-refractivity contribution >= 4 is 5.84 Å². The van der Waals surface area contributed by atoms with Gasteiger partial charge in [0.25, 0.3) is 0 Å². The summed E-state index contributed by atoms with van der Waals surface area (Å²) >= 11 is 0. The van der Waals surface area contributed by atoms with Gasteiger partial charge in [-0.05, 0) is 26.7 Å². The monoisotopic (exact) mass is 143 g/mol. The van der Waals surface area contributed by atoms with Crippen molar-refractivity contribution in [2.75, 3.05) is 6.54 Å². The van der Waals surface area contributed by atoms with Gasteiger partial charge in [-0.15, -0.1) is 0 Å². The quantitative estimate of drug-likeness (QED) is 0.342. The van der Waals surface area contributed by atoms with Gasteiger partial charge in [-0.3, -0.25) is 4.99 Å². The first-order valence-electron chi connectivity index (χ1n) is 3.65. The van der Waals surface area contributed by atoms with Crippen molar-refractivity contribution in [3.63, 3.8) is 0 Å². The van der Waals surface area contributed by atoms with Crippen molar-refractivity contribution < 1.29 is 0 Å². The molecule has 0 radical (unpaired) electrons. The molecule has 0 rings (SSSR count). The van der Waals surface area contributed by atoms with Crippen LogP contribution in [0.25, 0.3) is 0 Å². The molecule has 3 heteroatoms. The van der Waals surface area contributed by atoms with Crippen LogP contribution in [0.15, 0.2) is 4.99 Å². The van der Waals surface area contributed by atoms with E-state index in [0.29, 0.717) is 5.84 Å². The van der Waals surface area contributed by atoms with Crippen molar-refractivity contribution in [2.45, 2.75) is 32.7 Å². The Morgan fingerprint density at radius 1 is 1.60 bits per heavy atom. The van der Waals surface area contributed by atoms with Gasteiger partial charge in [-0.25, -0.2) is 0 Å². The van der Waals surface area contributed by atoms with E-state index in [1.54, 1.807) is 6.92 Å². The molecule has 0 spiro atoms. The first-order chi connectivity index (χ1) is 4.63. The molecule has 0 saturated heterocycles. The standard InChI is InChI=1S/C7H17N3/c1-6(8)4-3-5-10-7(2)9/h6H,3-5,8H2,1-2H3,(H2,9,10). The smallest absolute Gasteiger partial charge is 0.0905 e. The molecule has 10 heavy (non-hydrogen) atoms. The van der Waals surface area contributed by atoms with Gasteiger partial charge in [0.2, 0.25) is 0 Å². The van der Waals surface area contributed by atoms with Crippen molar-refractivity contribution in [1.82, 2.24) is 0 Å². The van der Waals surface area contributed by atoms with Gasteiger partial charge >= 0.3 is 0 Å². The lowest BCUT2D eigenvalue weighted by Crippen LogP contribution is -2.15. The third-order valence-electron chi connectivity index (χ3n) is 1.18. The highest BCUT2D eigenvalue weighted by Crippen LogP contribution is 1.92. The van der Waals surface area contributed by atoms with E-state index < -0.39 is 0 Å². The minimum absolute atomic E-state index is 0.285. The molecular weight excluding hydrogens is 126 g/mol. The zero-order valence-electron chi connectivity index (χ0n) is 6.80. The first kappa shape index (κ1) is 9.43. The zero-order valence-corrected chi connectivity index (χ0v) is 6.80. The van der Waals surface area contributed by atoms with Crippen LogP contribution in [0.2, 0.25) is 0 Å². The Morgan fingerprint density at radius 3 is 2.60 bits per heavy atom. The Kier molecular flexibility index (Phi) is 4.94. The lowest BCUT2D eigenvalue weighted by Gasteiger charge is -2.01. The SMILES string of the molecule is CC(N)=NCCCC(C)N. The Bertz CT molecular complexity index is 103. The summed E-state index contributed by atoms with van der Waals surface area (Å²) in [4.78, 5) is 4.04. The Hall–Kier alpha value is -0.570. The van der Waals surface area contributed by atoms with Gasteiger partial charge in [0.1, 0.15) is 0 Å². The van der Waals surface area contributed by atoms with Gasteiger partial charge in [0, 0.05) is 12.6 Å². The number of nitrogens with two attached hydrogens (primary N) is 2. The van der Waals surface area contributed by atoms with E-state index in [0.717, 1.165) is 19.4 Å². The van der Waals surface area contributed by atoms with Crippen LogP contribution in [0.5, 0.6) is 0 Å². The molecule has 3 nitrogen and oxygen atoms in total. The molecule has 0 aliphatic carbocycles. The maximum absolute atomic E-state index is 5.53. The van der Waals surface area contributed by atoms with Crippen LogP contribution in [-0.2, 0) is 0 Å². The van der Waals surface area contributed by atoms with Crippen LogP contribution >= 0.6 is 0 Å². The summed E-state index contributed by atoms with van der Waals surface area (Å²) < 4.78 is 0. The topological polar surface area (TPSA) is 64.4 Å². The van der Waals surface area contributed by atoms with E-state index in [9.17, 15) is 0 Å². The van der Waals surface area contributed by atoms with Crippen molar-refractivity contribution in [1.29, 1.82) is 0 Å². The average Bonchev–Trinajstić information content (AvgIpc) is 1.79. The highest BCUT2D eigenvalue weighted by molar-refractivity contribution is 5.77. The highest BCUT2D eigenvalue weighted by Gasteiger charge is 1.91. The minimum Gasteiger partial charge on any atom is -0.388 e. The van der Waals surface area contributed by atoms with E-state index in [1.165, 1.54) is 0 Å². The third-order valence-corrected chi connectivity index (χ3v) is 1.18. The molecule has 0 aliphatic rings. The van der Waals surface area contributed by atoms with E-state index in [4.69, 9.17) is 11.5 Å². The fourth-order valence-corrected chi connectivity index (χ4v) is 0.669. The normalized spacial score (nSPS) is 15.3. The summed E-state index contributed by atoms with van der Waals surface area (Å²) in [5, 5.41) is 0. The molecule has 0 aromatic rings. The summed E-state index contributed by atoms with van der Waals surface area (Å²) in [6.07, 6.45) is 2.06. The van der Waals surface area contributed by atoms with Crippen molar-refractivity contribution in [3.8, 4) is 0 Å². The summed E-state index contributed by atoms with van der Waals surface area (Å²) in [5.41, 5.74) is 10.9. The average molecular weight is 143 g/mol. The molecule has 0 amide bonds. The Morgan fingerprint density at radius 2 is 2.20 bits per heavy atom. The molecule has 0 aromatic heterocycles.